The summed E-state index contributed by atoms with van der Waals surface area (Å²) in [6, 6.07) is 9.35. The molecule has 4 heterocycles. The lowest BCUT2D eigenvalue weighted by molar-refractivity contribution is 0.512. The monoisotopic (exact) mass is 452 g/mol. The number of aromatic amines is 1. The van der Waals surface area contributed by atoms with Crippen molar-refractivity contribution < 1.29 is 0 Å². The second-order valence-corrected chi connectivity index (χ2v) is 9.57. The second kappa shape index (κ2) is 7.93. The van der Waals surface area contributed by atoms with Gasteiger partial charge < -0.3 is 4.98 Å². The third-order valence-electron chi connectivity index (χ3n) is 5.11. The van der Waals surface area contributed by atoms with Crippen molar-refractivity contribution in [1.82, 2.24) is 29.1 Å². The second-order valence-electron chi connectivity index (χ2n) is 7.71. The van der Waals surface area contributed by atoms with Gasteiger partial charge in [0.2, 0.25) is 5.78 Å². The molecule has 0 saturated carbocycles. The van der Waals surface area contributed by atoms with Crippen LogP contribution < -0.4 is 11.1 Å². The van der Waals surface area contributed by atoms with Crippen LogP contribution in [0.3, 0.4) is 0 Å². The minimum Gasteiger partial charge on any atom is -0.309 e. The first-order valence-corrected chi connectivity index (χ1v) is 11.9. The number of nitrogens with one attached hydrogen (secondary N) is 1. The van der Waals surface area contributed by atoms with Crippen molar-refractivity contribution in [2.45, 2.75) is 37.7 Å². The highest BCUT2D eigenvalue weighted by molar-refractivity contribution is 7.98. The molecule has 10 heteroatoms. The Hall–Kier alpha value is -2.98. The number of rotatable bonds is 6. The third kappa shape index (κ3) is 3.55. The average molecular weight is 453 g/mol. The molecular formula is C21H20N6O2S2. The molecule has 0 bridgehead atoms. The lowest BCUT2D eigenvalue weighted by Crippen LogP contribution is -2.24. The van der Waals surface area contributed by atoms with E-state index in [0.717, 1.165) is 11.9 Å². The summed E-state index contributed by atoms with van der Waals surface area (Å²) in [4.78, 5) is 32.7. The van der Waals surface area contributed by atoms with Crippen LogP contribution in [-0.2, 0) is 12.3 Å². The van der Waals surface area contributed by atoms with Crippen LogP contribution in [-0.4, -0.2) is 29.1 Å². The maximum atomic E-state index is 13.1. The van der Waals surface area contributed by atoms with Crippen LogP contribution >= 0.6 is 23.1 Å². The lowest BCUT2D eigenvalue weighted by atomic mass is 10.1. The summed E-state index contributed by atoms with van der Waals surface area (Å²) in [5, 5.41) is 11.8. The summed E-state index contributed by atoms with van der Waals surface area (Å²) in [6.45, 7) is 4.84. The van der Waals surface area contributed by atoms with Gasteiger partial charge in [0.05, 0.1) is 22.2 Å². The maximum absolute atomic E-state index is 13.1. The van der Waals surface area contributed by atoms with E-state index in [9.17, 15) is 9.59 Å². The van der Waals surface area contributed by atoms with E-state index in [1.54, 1.807) is 4.57 Å². The van der Waals surface area contributed by atoms with Gasteiger partial charge in [0, 0.05) is 6.54 Å². The zero-order chi connectivity index (χ0) is 21.5. The Labute approximate surface area is 185 Å². The molecule has 5 aromatic rings. The first-order valence-electron chi connectivity index (χ1n) is 9.99. The number of aryl methyl sites for hydroxylation is 1. The van der Waals surface area contributed by atoms with E-state index in [1.807, 2.05) is 40.1 Å². The quantitative estimate of drug-likeness (QED) is 0.395. The molecule has 0 aliphatic rings. The van der Waals surface area contributed by atoms with Crippen molar-refractivity contribution in [2.75, 3.05) is 0 Å². The van der Waals surface area contributed by atoms with Crippen molar-refractivity contribution in [3.05, 3.63) is 62.2 Å². The highest BCUT2D eigenvalue weighted by Crippen LogP contribution is 2.24. The van der Waals surface area contributed by atoms with Gasteiger partial charge in [0.1, 0.15) is 10.5 Å². The third-order valence-corrected chi connectivity index (χ3v) is 6.95. The van der Waals surface area contributed by atoms with Crippen LogP contribution in [0.25, 0.3) is 26.9 Å². The number of nitrogens with zero attached hydrogens (tertiary/aromatic N) is 5. The predicted molar refractivity (Wildman–Crippen MR) is 124 cm³/mol. The van der Waals surface area contributed by atoms with Crippen molar-refractivity contribution in [3.63, 3.8) is 0 Å². The molecule has 4 aromatic heterocycles. The molecule has 0 aliphatic carbocycles. The largest absolute Gasteiger partial charge is 0.309 e. The minimum atomic E-state index is -0.130. The molecule has 0 spiro atoms. The fourth-order valence-electron chi connectivity index (χ4n) is 3.54. The molecule has 31 heavy (non-hydrogen) atoms. The number of thioether (sulfide) groups is 1. The number of hydrogen-bond donors (Lipinski definition) is 1. The van der Waals surface area contributed by atoms with Crippen LogP contribution in [0.5, 0.6) is 0 Å². The first kappa shape index (κ1) is 20.0. The van der Waals surface area contributed by atoms with Gasteiger partial charge in [-0.15, -0.1) is 21.5 Å². The summed E-state index contributed by atoms with van der Waals surface area (Å²) >= 11 is 2.81. The van der Waals surface area contributed by atoms with Gasteiger partial charge in [0.15, 0.2) is 5.16 Å². The zero-order valence-corrected chi connectivity index (χ0v) is 18.7. The Balaban J connectivity index is 1.59. The highest BCUT2D eigenvalue weighted by Gasteiger charge is 2.17. The number of H-pyrrole nitrogens is 1. The van der Waals surface area contributed by atoms with E-state index in [0.29, 0.717) is 50.6 Å². The van der Waals surface area contributed by atoms with E-state index in [-0.39, 0.29) is 11.1 Å². The summed E-state index contributed by atoms with van der Waals surface area (Å²) < 4.78 is 4.25. The Morgan fingerprint density at radius 1 is 1.16 bits per heavy atom. The SMILES string of the molecule is CC(C)CCn1c(=O)c2ccccc2n2c(SCc3nc4ccsc4c(=O)[nH]3)nnc12. The molecule has 0 aliphatic heterocycles. The molecule has 0 atom stereocenters. The molecule has 0 fully saturated rings. The van der Waals surface area contributed by atoms with Gasteiger partial charge in [-0.05, 0) is 35.9 Å². The summed E-state index contributed by atoms with van der Waals surface area (Å²) in [5.74, 6) is 2.00. The van der Waals surface area contributed by atoms with Gasteiger partial charge in [-0.2, -0.15) is 0 Å². The fraction of sp³-hybridized carbons (Fsp3) is 0.286. The van der Waals surface area contributed by atoms with Crippen molar-refractivity contribution in [3.8, 4) is 0 Å². The highest BCUT2D eigenvalue weighted by atomic mass is 32.2. The van der Waals surface area contributed by atoms with Crippen LogP contribution in [0.15, 0.2) is 50.5 Å². The normalized spacial score (nSPS) is 12.0. The van der Waals surface area contributed by atoms with Gasteiger partial charge >= 0.3 is 0 Å². The van der Waals surface area contributed by atoms with E-state index < -0.39 is 0 Å². The van der Waals surface area contributed by atoms with Crippen molar-refractivity contribution in [1.29, 1.82) is 0 Å². The van der Waals surface area contributed by atoms with Gasteiger partial charge in [-0.1, -0.05) is 37.7 Å². The number of thiophene rings is 1. The minimum absolute atomic E-state index is 0.0541. The molecule has 5 rings (SSSR count). The fourth-order valence-corrected chi connectivity index (χ4v) is 5.07. The Kier molecular flexibility index (Phi) is 5.11. The predicted octanol–water partition coefficient (Wildman–Crippen LogP) is 3.68. The molecule has 0 amide bonds. The van der Waals surface area contributed by atoms with E-state index in [4.69, 9.17) is 0 Å². The topological polar surface area (TPSA) is 97.9 Å². The molecule has 8 nitrogen and oxygen atoms in total. The molecule has 0 radical (unpaired) electrons. The lowest BCUT2D eigenvalue weighted by Gasteiger charge is -2.12. The van der Waals surface area contributed by atoms with Crippen molar-refractivity contribution >= 4 is 50.0 Å². The Morgan fingerprint density at radius 3 is 2.84 bits per heavy atom. The standard InChI is InChI=1S/C21H20N6O2S2/c1-12(2)7-9-26-19(29)13-5-3-4-6-15(13)27-20(26)24-25-21(27)31-11-16-22-14-8-10-30-17(14)18(28)23-16/h3-6,8,10,12H,7,9,11H2,1-2H3,(H,22,23,28). The van der Waals surface area contributed by atoms with Crippen LogP contribution in [0.4, 0.5) is 0 Å². The van der Waals surface area contributed by atoms with Crippen LogP contribution in [0.2, 0.25) is 0 Å². The number of benzene rings is 1. The molecule has 1 N–H and O–H groups in total. The maximum Gasteiger partial charge on any atom is 0.268 e. The number of fused-ring (bicyclic) bond motifs is 4. The smallest absolute Gasteiger partial charge is 0.268 e. The molecule has 158 valence electrons. The molecule has 0 unspecified atom stereocenters. The number of aromatic nitrogens is 6. The summed E-state index contributed by atoms with van der Waals surface area (Å²) in [5.41, 5.74) is 1.28. The van der Waals surface area contributed by atoms with E-state index >= 15 is 0 Å². The van der Waals surface area contributed by atoms with Gasteiger partial charge in [-0.25, -0.2) is 4.98 Å². The molecular weight excluding hydrogens is 432 g/mol. The molecule has 1 aromatic carbocycles. The first-order chi connectivity index (χ1) is 15.0. The number of para-hydroxylation sites is 1. The summed E-state index contributed by atoms with van der Waals surface area (Å²) in [7, 11) is 0. The Morgan fingerprint density at radius 2 is 2.00 bits per heavy atom. The number of hydrogen-bond acceptors (Lipinski definition) is 7. The Bertz CT molecular complexity index is 1530. The van der Waals surface area contributed by atoms with Gasteiger partial charge in [-0.3, -0.25) is 18.6 Å². The molecule has 0 saturated heterocycles. The van der Waals surface area contributed by atoms with E-state index in [1.165, 1.54) is 23.1 Å². The van der Waals surface area contributed by atoms with E-state index in [2.05, 4.69) is 34.0 Å². The summed E-state index contributed by atoms with van der Waals surface area (Å²) in [6.07, 6.45) is 0.870. The van der Waals surface area contributed by atoms with Crippen LogP contribution in [0, 0.1) is 5.92 Å². The average Bonchev–Trinajstić information content (AvgIpc) is 3.39. The van der Waals surface area contributed by atoms with Crippen LogP contribution in [0.1, 0.15) is 26.1 Å². The van der Waals surface area contributed by atoms with Crippen molar-refractivity contribution in [2.24, 2.45) is 5.92 Å². The van der Waals surface area contributed by atoms with Gasteiger partial charge in [0.25, 0.3) is 11.1 Å². The zero-order valence-electron chi connectivity index (χ0n) is 17.0.